The van der Waals surface area contributed by atoms with Gasteiger partial charge in [0.1, 0.15) is 0 Å². The summed E-state index contributed by atoms with van der Waals surface area (Å²) in [5, 5.41) is 9.07. The van der Waals surface area contributed by atoms with Crippen LogP contribution < -0.4 is 0 Å². The van der Waals surface area contributed by atoms with Crippen LogP contribution in [0.25, 0.3) is 0 Å². The molecule has 2 heterocycles. The van der Waals surface area contributed by atoms with Crippen LogP contribution in [0.3, 0.4) is 0 Å². The fourth-order valence-electron chi connectivity index (χ4n) is 4.16. The average Bonchev–Trinajstić information content (AvgIpc) is 3.02. The van der Waals surface area contributed by atoms with Crippen molar-refractivity contribution in [2.45, 2.75) is 35.0 Å². The Hall–Kier alpha value is -0.861. The minimum atomic E-state index is -1.20. The zero-order valence-corrected chi connectivity index (χ0v) is 18.7. The number of benzene rings is 2. The van der Waals surface area contributed by atoms with Gasteiger partial charge in [-0.2, -0.15) is 0 Å². The first-order valence-corrected chi connectivity index (χ1v) is 14.8. The van der Waals surface area contributed by atoms with Crippen LogP contribution in [0.2, 0.25) is 0 Å². The molecule has 0 saturated carbocycles. The number of nitriles is 1. The molecule has 2 aromatic rings. The second-order valence-corrected chi connectivity index (χ2v) is 17.7. The van der Waals surface area contributed by atoms with E-state index in [4.69, 9.17) is 5.26 Å². The number of hydrogen-bond donors (Lipinski definition) is 0. The molecular weight excluding hydrogens is 455 g/mol. The van der Waals surface area contributed by atoms with Crippen molar-refractivity contribution < 1.29 is 0 Å². The minimum absolute atomic E-state index is 0.593. The molecule has 1 saturated heterocycles. The van der Waals surface area contributed by atoms with Crippen molar-refractivity contribution in [1.29, 1.82) is 5.26 Å². The molecule has 0 N–H and O–H groups in total. The van der Waals surface area contributed by atoms with Crippen LogP contribution in [0.4, 0.5) is 0 Å². The third kappa shape index (κ3) is 2.86. The predicted octanol–water partition coefficient (Wildman–Crippen LogP) is 4.66. The van der Waals surface area contributed by atoms with Crippen molar-refractivity contribution >= 4 is 36.5 Å². The number of fused-ring (bicyclic) bond motifs is 2. The third-order valence-corrected chi connectivity index (χ3v) is 21.3. The molecule has 0 radical (unpaired) electrons. The molecule has 2 aromatic carbocycles. The quantitative estimate of drug-likeness (QED) is 0.360. The third-order valence-electron chi connectivity index (χ3n) is 5.51. The van der Waals surface area contributed by atoms with Gasteiger partial charge < -0.3 is 0 Å². The van der Waals surface area contributed by atoms with Crippen LogP contribution in [-0.4, -0.2) is 40.7 Å². The van der Waals surface area contributed by atoms with Crippen LogP contribution >= 0.6 is 5.95 Å². The molecule has 2 aliphatic rings. The van der Waals surface area contributed by atoms with Gasteiger partial charge in [0.25, 0.3) is 0 Å². The summed E-state index contributed by atoms with van der Waals surface area (Å²) in [4.78, 5) is 0.659. The van der Waals surface area contributed by atoms with Crippen molar-refractivity contribution in [3.05, 3.63) is 82.4 Å². The number of nitrogens with zero attached hydrogens (tertiary/aromatic N) is 1. The van der Waals surface area contributed by atoms with Crippen molar-refractivity contribution in [2.24, 2.45) is 0 Å². The SMILES string of the molecule is CC1=C(C)[C@@H]2[C@H](c3ccc(C#N)cc3)[Se][C@H]1[P+]2([Se-])Cc1ccccc1. The summed E-state index contributed by atoms with van der Waals surface area (Å²) in [7, 11) is 0. The Morgan fingerprint density at radius 3 is 2.36 bits per heavy atom. The van der Waals surface area contributed by atoms with E-state index in [1.807, 2.05) is 12.1 Å². The van der Waals surface area contributed by atoms with Crippen molar-refractivity contribution in [2.75, 3.05) is 0 Å². The Bertz CT molecular complexity index is 869. The van der Waals surface area contributed by atoms with Gasteiger partial charge in [-0.3, -0.25) is 0 Å². The fourth-order valence-corrected chi connectivity index (χ4v) is 22.5. The fraction of sp³-hybridized carbons (Fsp3) is 0.286. The second-order valence-electron chi connectivity index (χ2n) is 6.95. The van der Waals surface area contributed by atoms with E-state index in [0.29, 0.717) is 25.4 Å². The number of allylic oxidation sites excluding steroid dienone is 2. The molecular formula is C21H20NPSe2. The molecule has 1 fully saturated rings. The van der Waals surface area contributed by atoms with Gasteiger partial charge in [-0.05, 0) is 0 Å². The molecule has 0 aromatic heterocycles. The molecule has 4 rings (SSSR count). The Labute approximate surface area is 164 Å². The molecule has 1 unspecified atom stereocenters. The van der Waals surface area contributed by atoms with E-state index in [2.05, 4.69) is 78.0 Å². The van der Waals surface area contributed by atoms with Crippen molar-refractivity contribution in [1.82, 2.24) is 0 Å². The Morgan fingerprint density at radius 1 is 1.04 bits per heavy atom. The first kappa shape index (κ1) is 17.5. The first-order chi connectivity index (χ1) is 12.0. The summed E-state index contributed by atoms with van der Waals surface area (Å²) in [6, 6.07) is 21.6. The standard InChI is InChI=1S/C21H20NPSe2/c1-14-15(2)21-23(24,13-17-6-4-3-5-7-17)19(14)20(25-21)18-10-8-16(12-22)9-11-18/h3-11,19-21H,13H2,1-2H3/t19-,20+,21-,23?/m1/s1. The molecule has 126 valence electrons. The van der Waals surface area contributed by atoms with E-state index in [0.717, 1.165) is 10.1 Å². The van der Waals surface area contributed by atoms with Gasteiger partial charge >= 0.3 is 165 Å². The summed E-state index contributed by atoms with van der Waals surface area (Å²) in [5.74, 6) is -1.20. The van der Waals surface area contributed by atoms with Gasteiger partial charge in [-0.1, -0.05) is 0 Å². The monoisotopic (exact) mass is 477 g/mol. The molecule has 0 spiro atoms. The van der Waals surface area contributed by atoms with E-state index < -0.39 is 5.95 Å². The van der Waals surface area contributed by atoms with Crippen molar-refractivity contribution in [3.63, 3.8) is 0 Å². The Balaban J connectivity index is 1.70. The van der Waals surface area contributed by atoms with Crippen LogP contribution in [0.1, 0.15) is 35.4 Å². The first-order valence-electron chi connectivity index (χ1n) is 8.50. The topological polar surface area (TPSA) is 23.8 Å². The summed E-state index contributed by atoms with van der Waals surface area (Å²) in [5.41, 5.74) is 7.66. The Morgan fingerprint density at radius 2 is 1.72 bits per heavy atom. The summed E-state index contributed by atoms with van der Waals surface area (Å²) in [6.45, 7) is 4.73. The second kappa shape index (κ2) is 6.70. The molecule has 4 heteroatoms. The normalized spacial score (nSPS) is 30.6. The van der Waals surface area contributed by atoms with Gasteiger partial charge in [0, 0.05) is 0 Å². The molecule has 0 amide bonds. The molecule has 2 aliphatic heterocycles. The maximum absolute atomic E-state index is 9.07. The van der Waals surface area contributed by atoms with Gasteiger partial charge in [0.15, 0.2) is 0 Å². The zero-order chi connectivity index (χ0) is 17.6. The van der Waals surface area contributed by atoms with Gasteiger partial charge in [-0.25, -0.2) is 0 Å². The van der Waals surface area contributed by atoms with E-state index in [-0.39, 0.29) is 0 Å². The van der Waals surface area contributed by atoms with E-state index in [1.54, 1.807) is 11.1 Å². The molecule has 2 bridgehead atoms. The van der Waals surface area contributed by atoms with E-state index in [9.17, 15) is 0 Å². The summed E-state index contributed by atoms with van der Waals surface area (Å²) < 4.78 is 0.783. The van der Waals surface area contributed by atoms with Crippen LogP contribution in [-0.2, 0) is 6.16 Å². The van der Waals surface area contributed by atoms with E-state index >= 15 is 0 Å². The number of rotatable bonds is 3. The van der Waals surface area contributed by atoms with Crippen LogP contribution in [0, 0.1) is 11.3 Å². The van der Waals surface area contributed by atoms with Gasteiger partial charge in [-0.15, -0.1) is 0 Å². The predicted molar refractivity (Wildman–Crippen MR) is 108 cm³/mol. The van der Waals surface area contributed by atoms with Gasteiger partial charge in [0.2, 0.25) is 0 Å². The molecule has 4 atom stereocenters. The van der Waals surface area contributed by atoms with E-state index in [1.165, 1.54) is 17.3 Å². The molecule has 25 heavy (non-hydrogen) atoms. The molecule has 1 nitrogen and oxygen atoms in total. The average molecular weight is 475 g/mol. The zero-order valence-electron chi connectivity index (χ0n) is 14.3. The van der Waals surface area contributed by atoms with Crippen LogP contribution in [0.15, 0.2) is 65.7 Å². The summed E-state index contributed by atoms with van der Waals surface area (Å²) >= 11 is 4.37. The number of hydrogen-bond acceptors (Lipinski definition) is 1. The summed E-state index contributed by atoms with van der Waals surface area (Å²) in [6.07, 6.45) is 1.21. The van der Waals surface area contributed by atoms with Crippen molar-refractivity contribution in [3.8, 4) is 6.07 Å². The maximum atomic E-state index is 9.07. The van der Waals surface area contributed by atoms with Crippen LogP contribution in [0.5, 0.6) is 0 Å². The molecule has 0 aliphatic carbocycles. The van der Waals surface area contributed by atoms with Gasteiger partial charge in [0.05, 0.1) is 0 Å². The Kier molecular flexibility index (Phi) is 4.70.